The molecule has 12 rings (SSSR count). The first-order valence-corrected chi connectivity index (χ1v) is 37.2. The zero-order chi connectivity index (χ0) is 64.4. The van der Waals surface area contributed by atoms with Crippen LogP contribution in [0.15, 0.2) is 144 Å². The highest BCUT2D eigenvalue weighted by Gasteiger charge is 2.44. The molecule has 0 bridgehead atoms. The van der Waals surface area contributed by atoms with Crippen LogP contribution in [0.1, 0.15) is 59.4 Å². The number of nitrogens with one attached hydrogen (secondary N) is 6. The maximum Gasteiger partial charge on any atom is 0.280 e. The smallest absolute Gasteiger partial charge is 0.280 e. The zero-order valence-electron chi connectivity index (χ0n) is 46.9. The molecule has 482 valence electrons. The number of likely N-dealkylation sites (N-methyl/N-ethyl adjacent to an activating group) is 3. The highest BCUT2D eigenvalue weighted by Crippen LogP contribution is 2.41. The van der Waals surface area contributed by atoms with E-state index in [2.05, 4.69) is 30.1 Å². The molecular formula is C58H55Cl3F3N9O9S9. The number of benzene rings is 3. The number of thiophene rings is 6. The Labute approximate surface area is 563 Å². The van der Waals surface area contributed by atoms with Crippen molar-refractivity contribution in [1.29, 1.82) is 0 Å². The Kier molecular flexibility index (Phi) is 22.6. The average molecular weight is 1470 g/mol. The van der Waals surface area contributed by atoms with Gasteiger partial charge in [0.1, 0.15) is 35.6 Å². The molecular weight excluding hydrogens is 1420 g/mol. The molecule has 3 aromatic carbocycles. The molecule has 2 unspecified atom stereocenters. The van der Waals surface area contributed by atoms with Gasteiger partial charge in [0.15, 0.2) is 0 Å². The molecule has 91 heavy (non-hydrogen) atoms. The fraction of sp³-hybridized carbons (Fsp3) is 0.224. The van der Waals surface area contributed by atoms with Gasteiger partial charge in [-0.2, -0.15) is 52.3 Å². The van der Waals surface area contributed by atoms with E-state index >= 15 is 0 Å². The van der Waals surface area contributed by atoms with Crippen LogP contribution in [0, 0.1) is 17.5 Å². The number of rotatable bonds is 12. The lowest BCUT2D eigenvalue weighted by molar-refractivity contribution is -0.120. The predicted octanol–water partition coefficient (Wildman–Crippen LogP) is 14.1. The first-order chi connectivity index (χ1) is 42.7. The molecule has 0 spiro atoms. The Hall–Kier alpha value is -5.46. The maximum absolute atomic E-state index is 13.4. The number of hydrogen-bond acceptors (Lipinski definition) is 15. The Morgan fingerprint density at radius 2 is 0.692 bits per heavy atom. The molecule has 3 amide bonds. The quantitative estimate of drug-likeness (QED) is 0.0681. The van der Waals surface area contributed by atoms with Crippen molar-refractivity contribution in [3.8, 4) is 29.3 Å². The van der Waals surface area contributed by atoms with Gasteiger partial charge in [0, 0.05) is 82.1 Å². The number of hydrogen-bond donors (Lipinski definition) is 6. The lowest BCUT2D eigenvalue weighted by Crippen LogP contribution is -2.55. The molecule has 6 atom stereocenters. The molecule has 3 saturated heterocycles. The van der Waals surface area contributed by atoms with Gasteiger partial charge in [-0.15, -0.1) is 68.0 Å². The largest absolute Gasteiger partial charge is 0.325 e. The van der Waals surface area contributed by atoms with Crippen LogP contribution in [0.3, 0.4) is 0 Å². The molecule has 0 saturated carbocycles. The first-order valence-electron chi connectivity index (χ1n) is 26.7. The molecule has 9 heterocycles. The van der Waals surface area contributed by atoms with Crippen molar-refractivity contribution in [2.24, 2.45) is 0 Å². The van der Waals surface area contributed by atoms with E-state index in [0.717, 1.165) is 75.0 Å². The SMILES string of the molecule is C.CN1C(C(=O)Nc2ccc(F)c(Cl)c2)CC(c2ccc(-c3cccs3)s2)NS1(=O)=O.CN1[C@@H](C(=O)Nc2ccc(F)c(Cl)c2)C[C@@H](c2ccc(-c3cccs3)s2)NS1(=O)=O.CN1[C@H](C(=O)Nc2ccc(F)c(Cl)c2)C[C@H](c2ccc(-c3cccs3)s2)NS1(=O)=O. The normalized spacial score (nSPS) is 21.2. The molecule has 9 aromatic rings. The summed E-state index contributed by atoms with van der Waals surface area (Å²) in [4.78, 5) is 47.5. The van der Waals surface area contributed by atoms with Crippen LogP contribution in [0.4, 0.5) is 30.2 Å². The summed E-state index contributed by atoms with van der Waals surface area (Å²) in [6.45, 7) is 0. The maximum atomic E-state index is 13.4. The Balaban J connectivity index is 0.000000161. The molecule has 3 fully saturated rings. The van der Waals surface area contributed by atoms with Gasteiger partial charge in [0.2, 0.25) is 17.7 Å². The van der Waals surface area contributed by atoms with Crippen molar-refractivity contribution < 1.29 is 52.8 Å². The van der Waals surface area contributed by atoms with Gasteiger partial charge >= 0.3 is 0 Å². The number of amides is 3. The second-order valence-corrected chi connectivity index (χ2v) is 32.9. The lowest BCUT2D eigenvalue weighted by Gasteiger charge is -2.35. The van der Waals surface area contributed by atoms with E-state index in [-0.39, 0.29) is 41.8 Å². The highest BCUT2D eigenvalue weighted by atomic mass is 35.5. The van der Waals surface area contributed by atoms with E-state index < -0.39 is 102 Å². The predicted molar refractivity (Wildman–Crippen MR) is 363 cm³/mol. The fourth-order valence-electron chi connectivity index (χ4n) is 9.56. The molecule has 3 aliphatic rings. The number of anilines is 3. The van der Waals surface area contributed by atoms with Crippen molar-refractivity contribution in [1.82, 2.24) is 27.1 Å². The third kappa shape index (κ3) is 16.6. The summed E-state index contributed by atoms with van der Waals surface area (Å²) in [5, 5.41) is 13.4. The second kappa shape index (κ2) is 29.5. The van der Waals surface area contributed by atoms with Gasteiger partial charge in [-0.1, -0.05) is 60.4 Å². The number of halogens is 6. The van der Waals surface area contributed by atoms with E-state index in [0.29, 0.717) is 17.1 Å². The summed E-state index contributed by atoms with van der Waals surface area (Å²) in [6.07, 6.45) is 0.753. The number of carbonyl (C=O) groups is 3. The minimum atomic E-state index is -3.86. The van der Waals surface area contributed by atoms with E-state index in [1.165, 1.54) is 91.6 Å². The van der Waals surface area contributed by atoms with Gasteiger partial charge in [-0.3, -0.25) is 14.4 Å². The summed E-state index contributed by atoms with van der Waals surface area (Å²) >= 11 is 26.6. The summed E-state index contributed by atoms with van der Waals surface area (Å²) < 4.78 is 127. The Morgan fingerprint density at radius 3 is 0.923 bits per heavy atom. The second-order valence-electron chi connectivity index (χ2n) is 20.2. The molecule has 6 aromatic heterocycles. The lowest BCUT2D eigenvalue weighted by atomic mass is 10.1. The summed E-state index contributed by atoms with van der Waals surface area (Å²) in [6, 6.07) is 30.4. The van der Waals surface area contributed by atoms with E-state index in [9.17, 15) is 52.8 Å². The van der Waals surface area contributed by atoms with Crippen molar-refractivity contribution in [3.63, 3.8) is 0 Å². The molecule has 0 radical (unpaired) electrons. The van der Waals surface area contributed by atoms with Crippen LogP contribution >= 0.6 is 103 Å². The first kappa shape index (κ1) is 69.9. The van der Waals surface area contributed by atoms with Crippen LogP contribution in [-0.4, -0.2) is 95.2 Å². The Morgan fingerprint density at radius 1 is 0.429 bits per heavy atom. The van der Waals surface area contributed by atoms with Crippen LogP contribution in [0.5, 0.6) is 0 Å². The average Bonchev–Trinajstić information content (AvgIpc) is 1.75. The summed E-state index contributed by atoms with van der Waals surface area (Å²) in [5.41, 5.74) is 0.884. The van der Waals surface area contributed by atoms with Crippen LogP contribution in [0.2, 0.25) is 15.1 Å². The molecule has 18 nitrogen and oxygen atoms in total. The standard InChI is InChI=1S/3C19H17ClFN3O3S3.CH4/c3*1-24-15(19(25)22-11-4-5-13(21)12(20)9-11)10-14(23-30(24,26)27)16-6-7-18(29-16)17-3-2-8-28-17;/h3*2-9,14-15,23H,10H2,1H3,(H,22,25);1H4/t2*14-,15+;;/m10../s1. The molecule has 6 N–H and O–H groups in total. The zero-order valence-corrected chi connectivity index (χ0v) is 56.5. The summed E-state index contributed by atoms with van der Waals surface area (Å²) in [7, 11) is -7.52. The minimum Gasteiger partial charge on any atom is -0.325 e. The number of nitrogens with zero attached hydrogens (tertiary/aromatic N) is 3. The van der Waals surface area contributed by atoms with E-state index in [1.54, 1.807) is 34.0 Å². The van der Waals surface area contributed by atoms with Gasteiger partial charge in [0.25, 0.3) is 30.6 Å². The molecule has 33 heteroatoms. The molecule has 3 aliphatic heterocycles. The highest BCUT2D eigenvalue weighted by molar-refractivity contribution is 7.87. The number of carbonyl (C=O) groups excluding carboxylic acids is 3. The molecule has 0 aliphatic carbocycles. The van der Waals surface area contributed by atoms with Crippen LogP contribution in [0.25, 0.3) is 29.3 Å². The van der Waals surface area contributed by atoms with E-state index in [4.69, 9.17) is 34.8 Å². The third-order valence-electron chi connectivity index (χ3n) is 14.4. The van der Waals surface area contributed by atoms with Gasteiger partial charge in [-0.05, 0) is 145 Å². The monoisotopic (exact) mass is 1470 g/mol. The van der Waals surface area contributed by atoms with Crippen LogP contribution < -0.4 is 30.1 Å². The topological polar surface area (TPSA) is 236 Å². The van der Waals surface area contributed by atoms with Crippen molar-refractivity contribution >= 4 is 168 Å². The minimum absolute atomic E-state index is 0. The third-order valence-corrected chi connectivity index (χ3v) is 26.8. The fourth-order valence-corrected chi connectivity index (χ4v) is 19.8. The van der Waals surface area contributed by atoms with Crippen molar-refractivity contribution in [2.75, 3.05) is 37.1 Å². The van der Waals surface area contributed by atoms with Crippen molar-refractivity contribution in [2.45, 2.75) is 62.9 Å². The van der Waals surface area contributed by atoms with Gasteiger partial charge in [-0.25, -0.2) is 13.2 Å². The van der Waals surface area contributed by atoms with E-state index in [1.807, 2.05) is 88.9 Å². The van der Waals surface area contributed by atoms with Crippen molar-refractivity contribution in [3.05, 3.63) is 191 Å². The Bertz CT molecular complexity index is 3990. The van der Waals surface area contributed by atoms with Gasteiger partial charge < -0.3 is 16.0 Å². The summed E-state index contributed by atoms with van der Waals surface area (Å²) in [5.74, 6) is -3.33. The van der Waals surface area contributed by atoms with Gasteiger partial charge in [0.05, 0.1) is 33.2 Å². The van der Waals surface area contributed by atoms with Crippen LogP contribution in [-0.2, 0) is 45.0 Å².